The van der Waals surface area contributed by atoms with Crippen molar-refractivity contribution in [1.29, 1.82) is 0 Å². The second kappa shape index (κ2) is 4.37. The highest BCUT2D eigenvalue weighted by Crippen LogP contribution is 2.40. The summed E-state index contributed by atoms with van der Waals surface area (Å²) in [4.78, 5) is 0. The van der Waals surface area contributed by atoms with Crippen molar-refractivity contribution in [3.8, 4) is 5.69 Å². The number of fused-ring (bicyclic) bond motifs is 1. The number of benzene rings is 1. The van der Waals surface area contributed by atoms with Gasteiger partial charge in [-0.3, -0.25) is 0 Å². The molecule has 19 heavy (non-hydrogen) atoms. The first-order chi connectivity index (χ1) is 8.99. The Morgan fingerprint density at radius 1 is 1.37 bits per heavy atom. The van der Waals surface area contributed by atoms with E-state index in [1.165, 1.54) is 18.4 Å². The first kappa shape index (κ1) is 12.7. The minimum absolute atomic E-state index is 0.127. The summed E-state index contributed by atoms with van der Waals surface area (Å²) in [7, 11) is 0. The van der Waals surface area contributed by atoms with Crippen LogP contribution in [-0.4, -0.2) is 9.78 Å². The Bertz CT molecular complexity index is 628. The standard InChI is InChI=1S/C15H18BrN3/c1-15(2)8-4-7-12-13(15)14(17)19(18-12)11-6-3-5-10(16)9-11/h3,5-6,9H,4,7-8,17H2,1-2H3. The predicted octanol–water partition coefficient (Wildman–Crippen LogP) is 3.83. The van der Waals surface area contributed by atoms with E-state index in [2.05, 4.69) is 29.8 Å². The van der Waals surface area contributed by atoms with E-state index in [9.17, 15) is 0 Å². The van der Waals surface area contributed by atoms with Crippen LogP contribution in [0.25, 0.3) is 5.69 Å². The molecule has 0 saturated heterocycles. The van der Waals surface area contributed by atoms with Gasteiger partial charge in [-0.1, -0.05) is 35.8 Å². The normalized spacial score (nSPS) is 17.2. The van der Waals surface area contributed by atoms with Gasteiger partial charge in [0.1, 0.15) is 5.82 Å². The van der Waals surface area contributed by atoms with Crippen LogP contribution in [-0.2, 0) is 11.8 Å². The highest BCUT2D eigenvalue weighted by atomic mass is 79.9. The molecule has 0 fully saturated rings. The number of halogens is 1. The van der Waals surface area contributed by atoms with Gasteiger partial charge in [0, 0.05) is 10.0 Å². The van der Waals surface area contributed by atoms with Crippen molar-refractivity contribution in [2.45, 2.75) is 38.5 Å². The van der Waals surface area contributed by atoms with Crippen molar-refractivity contribution in [3.05, 3.63) is 40.0 Å². The molecule has 4 heteroatoms. The van der Waals surface area contributed by atoms with Gasteiger partial charge in [-0.05, 0) is 42.9 Å². The molecule has 0 aliphatic heterocycles. The molecule has 0 atom stereocenters. The maximum Gasteiger partial charge on any atom is 0.131 e. The maximum atomic E-state index is 6.37. The van der Waals surface area contributed by atoms with Crippen LogP contribution in [0, 0.1) is 0 Å². The fourth-order valence-electron chi connectivity index (χ4n) is 3.02. The second-order valence-electron chi connectivity index (χ2n) is 5.84. The Labute approximate surface area is 121 Å². The number of hydrogen-bond donors (Lipinski definition) is 1. The number of anilines is 1. The van der Waals surface area contributed by atoms with Gasteiger partial charge >= 0.3 is 0 Å². The van der Waals surface area contributed by atoms with Gasteiger partial charge in [0.25, 0.3) is 0 Å². The molecule has 0 unspecified atom stereocenters. The minimum atomic E-state index is 0.127. The maximum absolute atomic E-state index is 6.37. The van der Waals surface area contributed by atoms with E-state index < -0.39 is 0 Å². The third-order valence-electron chi connectivity index (χ3n) is 3.94. The second-order valence-corrected chi connectivity index (χ2v) is 6.75. The first-order valence-corrected chi connectivity index (χ1v) is 7.42. The average Bonchev–Trinajstić information content (AvgIpc) is 2.67. The topological polar surface area (TPSA) is 43.8 Å². The van der Waals surface area contributed by atoms with Crippen LogP contribution < -0.4 is 5.73 Å². The van der Waals surface area contributed by atoms with Gasteiger partial charge in [-0.15, -0.1) is 0 Å². The Morgan fingerprint density at radius 2 is 2.16 bits per heavy atom. The van der Waals surface area contributed by atoms with E-state index >= 15 is 0 Å². The van der Waals surface area contributed by atoms with Gasteiger partial charge in [0.05, 0.1) is 11.4 Å². The molecule has 1 heterocycles. The SMILES string of the molecule is CC1(C)CCCc2nn(-c3cccc(Br)c3)c(N)c21. The van der Waals surface area contributed by atoms with E-state index in [1.807, 2.05) is 28.9 Å². The van der Waals surface area contributed by atoms with Gasteiger partial charge < -0.3 is 5.73 Å². The molecule has 0 amide bonds. The summed E-state index contributed by atoms with van der Waals surface area (Å²) >= 11 is 3.50. The van der Waals surface area contributed by atoms with Crippen molar-refractivity contribution < 1.29 is 0 Å². The summed E-state index contributed by atoms with van der Waals surface area (Å²) in [6.45, 7) is 4.52. The quantitative estimate of drug-likeness (QED) is 0.868. The Hall–Kier alpha value is -1.29. The molecule has 1 aromatic carbocycles. The molecule has 1 aliphatic rings. The van der Waals surface area contributed by atoms with E-state index in [-0.39, 0.29) is 5.41 Å². The molecular weight excluding hydrogens is 302 g/mol. The highest BCUT2D eigenvalue weighted by molar-refractivity contribution is 9.10. The van der Waals surface area contributed by atoms with E-state index in [4.69, 9.17) is 10.8 Å². The number of aromatic nitrogens is 2. The number of nitrogen functional groups attached to an aromatic ring is 1. The number of nitrogens with two attached hydrogens (primary N) is 1. The summed E-state index contributed by atoms with van der Waals surface area (Å²) in [5, 5.41) is 4.73. The monoisotopic (exact) mass is 319 g/mol. The lowest BCUT2D eigenvalue weighted by atomic mass is 9.75. The van der Waals surface area contributed by atoms with Crippen LogP contribution in [0.15, 0.2) is 28.7 Å². The molecule has 0 bridgehead atoms. The molecular formula is C15H18BrN3. The fourth-order valence-corrected chi connectivity index (χ4v) is 3.41. The molecule has 0 radical (unpaired) electrons. The summed E-state index contributed by atoms with van der Waals surface area (Å²) in [5.74, 6) is 0.790. The largest absolute Gasteiger partial charge is 0.383 e. The number of nitrogens with zero attached hydrogens (tertiary/aromatic N) is 2. The van der Waals surface area contributed by atoms with E-state index in [0.29, 0.717) is 0 Å². The minimum Gasteiger partial charge on any atom is -0.383 e. The molecule has 0 saturated carbocycles. The van der Waals surface area contributed by atoms with Crippen molar-refractivity contribution in [1.82, 2.24) is 9.78 Å². The third kappa shape index (κ3) is 2.08. The lowest BCUT2D eigenvalue weighted by Crippen LogP contribution is -2.24. The molecule has 3 rings (SSSR count). The lowest BCUT2D eigenvalue weighted by Gasteiger charge is -2.29. The van der Waals surface area contributed by atoms with Crippen molar-refractivity contribution >= 4 is 21.7 Å². The van der Waals surface area contributed by atoms with Crippen LogP contribution in [0.2, 0.25) is 0 Å². The summed E-state index contributed by atoms with van der Waals surface area (Å²) in [6.07, 6.45) is 3.40. The number of hydrogen-bond acceptors (Lipinski definition) is 2. The van der Waals surface area contributed by atoms with Crippen LogP contribution >= 0.6 is 15.9 Å². The smallest absolute Gasteiger partial charge is 0.131 e. The zero-order valence-electron chi connectivity index (χ0n) is 11.3. The average molecular weight is 320 g/mol. The zero-order valence-corrected chi connectivity index (χ0v) is 12.9. The van der Waals surface area contributed by atoms with Crippen molar-refractivity contribution in [2.75, 3.05) is 5.73 Å². The van der Waals surface area contributed by atoms with Gasteiger partial charge in [0.15, 0.2) is 0 Å². The Morgan fingerprint density at radius 3 is 2.84 bits per heavy atom. The summed E-state index contributed by atoms with van der Waals surface area (Å²) in [6, 6.07) is 8.09. The van der Waals surface area contributed by atoms with Crippen molar-refractivity contribution in [2.24, 2.45) is 0 Å². The first-order valence-electron chi connectivity index (χ1n) is 6.63. The Balaban J connectivity index is 2.18. The lowest BCUT2D eigenvalue weighted by molar-refractivity contribution is 0.432. The molecule has 0 spiro atoms. The van der Waals surface area contributed by atoms with Crippen LogP contribution in [0.4, 0.5) is 5.82 Å². The van der Waals surface area contributed by atoms with E-state index in [0.717, 1.165) is 28.1 Å². The van der Waals surface area contributed by atoms with E-state index in [1.54, 1.807) is 0 Å². The van der Waals surface area contributed by atoms with Crippen molar-refractivity contribution in [3.63, 3.8) is 0 Å². The van der Waals surface area contributed by atoms with Gasteiger partial charge in [-0.25, -0.2) is 4.68 Å². The molecule has 1 aromatic heterocycles. The molecule has 100 valence electrons. The Kier molecular flexibility index (Phi) is 2.93. The molecule has 2 aromatic rings. The predicted molar refractivity (Wildman–Crippen MR) is 81.6 cm³/mol. The van der Waals surface area contributed by atoms with Crippen LogP contribution in [0.3, 0.4) is 0 Å². The number of aryl methyl sites for hydroxylation is 1. The van der Waals surface area contributed by atoms with Gasteiger partial charge in [-0.2, -0.15) is 5.10 Å². The number of rotatable bonds is 1. The zero-order chi connectivity index (χ0) is 13.6. The molecule has 2 N–H and O–H groups in total. The fraction of sp³-hybridized carbons (Fsp3) is 0.400. The van der Waals surface area contributed by atoms with Gasteiger partial charge in [0.2, 0.25) is 0 Å². The van der Waals surface area contributed by atoms with Crippen LogP contribution in [0.5, 0.6) is 0 Å². The summed E-state index contributed by atoms with van der Waals surface area (Å²) < 4.78 is 2.92. The van der Waals surface area contributed by atoms with Crippen LogP contribution in [0.1, 0.15) is 37.9 Å². The molecule has 3 nitrogen and oxygen atoms in total. The highest BCUT2D eigenvalue weighted by Gasteiger charge is 2.33. The molecule has 1 aliphatic carbocycles. The third-order valence-corrected chi connectivity index (χ3v) is 4.43. The summed E-state index contributed by atoms with van der Waals surface area (Å²) in [5.41, 5.74) is 9.90.